The van der Waals surface area contributed by atoms with Crippen molar-refractivity contribution in [3.63, 3.8) is 0 Å². The van der Waals surface area contributed by atoms with Crippen molar-refractivity contribution >= 4 is 5.84 Å². The van der Waals surface area contributed by atoms with Crippen molar-refractivity contribution in [3.05, 3.63) is 53.9 Å². The molecule has 0 fully saturated rings. The Morgan fingerprint density at radius 3 is 3.06 bits per heavy atom. The molecule has 0 radical (unpaired) electrons. The van der Waals surface area contributed by atoms with Gasteiger partial charge in [-0.2, -0.15) is 0 Å². The second-order valence-electron chi connectivity index (χ2n) is 3.49. The summed E-state index contributed by atoms with van der Waals surface area (Å²) in [5, 5.41) is 11.5. The van der Waals surface area contributed by atoms with Gasteiger partial charge in [-0.3, -0.25) is 0 Å². The molecule has 0 unspecified atom stereocenters. The maximum Gasteiger partial charge on any atom is 0.206 e. The molecule has 6 heteroatoms. The zero-order chi connectivity index (χ0) is 12.3. The van der Waals surface area contributed by atoms with Crippen LogP contribution in [-0.2, 0) is 6.54 Å². The second-order valence-corrected chi connectivity index (χ2v) is 3.49. The normalized spacial score (nSPS) is 11.7. The quantitative estimate of drug-likeness (QED) is 0.362. The molecule has 5 nitrogen and oxygen atoms in total. The molecule has 88 valence electrons. The Kier molecular flexibility index (Phi) is 3.04. The average Bonchev–Trinajstić information content (AvgIpc) is 2.76. The van der Waals surface area contributed by atoms with Gasteiger partial charge in [0.25, 0.3) is 0 Å². The monoisotopic (exact) mass is 234 g/mol. The van der Waals surface area contributed by atoms with Gasteiger partial charge in [-0.15, -0.1) is 0 Å². The van der Waals surface area contributed by atoms with E-state index in [-0.39, 0.29) is 11.7 Å². The van der Waals surface area contributed by atoms with Gasteiger partial charge in [0, 0.05) is 18.9 Å². The molecule has 2 aromatic rings. The number of halogens is 1. The minimum atomic E-state index is -0.298. The lowest BCUT2D eigenvalue weighted by Gasteiger charge is -2.06. The standard InChI is InChI=1S/C11H11FN4O/c12-9-3-1-2-8(6-9)7-16-5-4-14-11(16)10(13)15-17/h1-6,17H,7H2,(H2,13,15). The van der Waals surface area contributed by atoms with Crippen molar-refractivity contribution in [1.29, 1.82) is 0 Å². The van der Waals surface area contributed by atoms with Gasteiger partial charge in [0.2, 0.25) is 5.84 Å². The summed E-state index contributed by atoms with van der Waals surface area (Å²) in [4.78, 5) is 3.96. The van der Waals surface area contributed by atoms with E-state index in [4.69, 9.17) is 10.9 Å². The molecule has 1 aromatic carbocycles. The molecule has 17 heavy (non-hydrogen) atoms. The third-order valence-corrected chi connectivity index (χ3v) is 2.29. The van der Waals surface area contributed by atoms with E-state index in [1.54, 1.807) is 22.9 Å². The summed E-state index contributed by atoms with van der Waals surface area (Å²) in [6.07, 6.45) is 3.21. The van der Waals surface area contributed by atoms with Crippen molar-refractivity contribution in [2.24, 2.45) is 10.9 Å². The highest BCUT2D eigenvalue weighted by molar-refractivity contribution is 5.93. The lowest BCUT2D eigenvalue weighted by molar-refractivity contribution is 0.318. The summed E-state index contributed by atoms with van der Waals surface area (Å²) in [6, 6.07) is 6.22. The first-order valence-electron chi connectivity index (χ1n) is 4.94. The summed E-state index contributed by atoms with van der Waals surface area (Å²) < 4.78 is 14.7. The number of amidine groups is 1. The van der Waals surface area contributed by atoms with E-state index in [9.17, 15) is 4.39 Å². The molecule has 0 aliphatic rings. The molecule has 0 amide bonds. The van der Waals surface area contributed by atoms with Crippen LogP contribution < -0.4 is 5.73 Å². The lowest BCUT2D eigenvalue weighted by atomic mass is 10.2. The molecule has 0 saturated heterocycles. The lowest BCUT2D eigenvalue weighted by Crippen LogP contribution is -2.19. The predicted octanol–water partition coefficient (Wildman–Crippen LogP) is 1.16. The van der Waals surface area contributed by atoms with Crippen LogP contribution in [0.3, 0.4) is 0 Å². The third-order valence-electron chi connectivity index (χ3n) is 2.29. The molecule has 2 rings (SSSR count). The number of aromatic nitrogens is 2. The van der Waals surface area contributed by atoms with E-state index < -0.39 is 0 Å². The summed E-state index contributed by atoms with van der Waals surface area (Å²) in [6.45, 7) is 0.406. The number of nitrogens with two attached hydrogens (primary N) is 1. The van der Waals surface area contributed by atoms with E-state index in [0.29, 0.717) is 12.4 Å². The van der Waals surface area contributed by atoms with Crippen molar-refractivity contribution in [3.8, 4) is 0 Å². The van der Waals surface area contributed by atoms with Crippen LogP contribution in [0, 0.1) is 5.82 Å². The van der Waals surface area contributed by atoms with Crippen LogP contribution in [0.5, 0.6) is 0 Å². The Morgan fingerprint density at radius 2 is 2.35 bits per heavy atom. The highest BCUT2D eigenvalue weighted by Crippen LogP contribution is 2.07. The number of benzene rings is 1. The molecule has 3 N–H and O–H groups in total. The fourth-order valence-corrected chi connectivity index (χ4v) is 1.55. The summed E-state index contributed by atoms with van der Waals surface area (Å²) in [5.41, 5.74) is 6.24. The van der Waals surface area contributed by atoms with E-state index in [1.165, 1.54) is 18.3 Å². The first-order valence-corrected chi connectivity index (χ1v) is 4.94. The smallest absolute Gasteiger partial charge is 0.206 e. The van der Waals surface area contributed by atoms with Crippen LogP contribution in [-0.4, -0.2) is 20.6 Å². The van der Waals surface area contributed by atoms with E-state index >= 15 is 0 Å². The SMILES string of the molecule is NC(=NO)c1nccn1Cc1cccc(F)c1. The van der Waals surface area contributed by atoms with Gasteiger partial charge >= 0.3 is 0 Å². The predicted molar refractivity (Wildman–Crippen MR) is 60.2 cm³/mol. The molecule has 0 bridgehead atoms. The fourth-order valence-electron chi connectivity index (χ4n) is 1.55. The zero-order valence-electron chi connectivity index (χ0n) is 8.92. The highest BCUT2D eigenvalue weighted by Gasteiger charge is 2.08. The van der Waals surface area contributed by atoms with Crippen LogP contribution in [0.25, 0.3) is 0 Å². The van der Waals surface area contributed by atoms with E-state index in [2.05, 4.69) is 10.1 Å². The number of hydrogen-bond acceptors (Lipinski definition) is 3. The number of rotatable bonds is 3. The first-order chi connectivity index (χ1) is 8.20. The van der Waals surface area contributed by atoms with Crippen LogP contribution in [0.15, 0.2) is 41.8 Å². The highest BCUT2D eigenvalue weighted by atomic mass is 19.1. The van der Waals surface area contributed by atoms with Crippen LogP contribution >= 0.6 is 0 Å². The number of nitrogens with zero attached hydrogens (tertiary/aromatic N) is 3. The molecule has 1 aromatic heterocycles. The Bertz CT molecular complexity index is 550. The summed E-state index contributed by atoms with van der Waals surface area (Å²) in [5.74, 6) is -0.0314. The molecule has 1 heterocycles. The van der Waals surface area contributed by atoms with Gasteiger partial charge in [0.05, 0.1) is 0 Å². The Morgan fingerprint density at radius 1 is 1.53 bits per heavy atom. The summed E-state index contributed by atoms with van der Waals surface area (Å²) in [7, 11) is 0. The molecule has 0 aliphatic carbocycles. The molecule has 0 atom stereocenters. The second kappa shape index (κ2) is 4.65. The van der Waals surface area contributed by atoms with Gasteiger partial charge < -0.3 is 15.5 Å². The number of imidazole rings is 1. The Hall–Kier alpha value is -2.37. The van der Waals surface area contributed by atoms with Crippen LogP contribution in [0.2, 0.25) is 0 Å². The number of oxime groups is 1. The maximum absolute atomic E-state index is 13.0. The number of hydrogen-bond donors (Lipinski definition) is 2. The summed E-state index contributed by atoms with van der Waals surface area (Å²) >= 11 is 0. The van der Waals surface area contributed by atoms with Gasteiger partial charge in [-0.25, -0.2) is 9.37 Å². The molecular weight excluding hydrogens is 223 g/mol. The van der Waals surface area contributed by atoms with Crippen LogP contribution in [0.4, 0.5) is 4.39 Å². The van der Waals surface area contributed by atoms with E-state index in [1.807, 2.05) is 0 Å². The van der Waals surface area contributed by atoms with E-state index in [0.717, 1.165) is 5.56 Å². The van der Waals surface area contributed by atoms with Crippen molar-refractivity contribution < 1.29 is 9.60 Å². The van der Waals surface area contributed by atoms with Crippen molar-refractivity contribution in [2.75, 3.05) is 0 Å². The third kappa shape index (κ3) is 2.41. The molecule has 0 aliphatic heterocycles. The van der Waals surface area contributed by atoms with Crippen LogP contribution in [0.1, 0.15) is 11.4 Å². The topological polar surface area (TPSA) is 76.4 Å². The Labute approximate surface area is 97.0 Å². The zero-order valence-corrected chi connectivity index (χ0v) is 8.92. The first kappa shape index (κ1) is 11.1. The van der Waals surface area contributed by atoms with Gasteiger partial charge in [0.1, 0.15) is 5.82 Å². The minimum Gasteiger partial charge on any atom is -0.409 e. The fraction of sp³-hybridized carbons (Fsp3) is 0.0909. The minimum absolute atomic E-state index is 0.0774. The average molecular weight is 234 g/mol. The van der Waals surface area contributed by atoms with Crippen molar-refractivity contribution in [1.82, 2.24) is 9.55 Å². The molecule has 0 saturated carbocycles. The van der Waals surface area contributed by atoms with Gasteiger partial charge in [-0.1, -0.05) is 17.3 Å². The largest absolute Gasteiger partial charge is 0.409 e. The molecule has 0 spiro atoms. The van der Waals surface area contributed by atoms with Gasteiger partial charge in [0.15, 0.2) is 5.82 Å². The van der Waals surface area contributed by atoms with Crippen molar-refractivity contribution in [2.45, 2.75) is 6.54 Å². The Balaban J connectivity index is 2.28. The maximum atomic E-state index is 13.0. The van der Waals surface area contributed by atoms with Gasteiger partial charge in [-0.05, 0) is 17.7 Å². The molecular formula is C11H11FN4O.